The Bertz CT molecular complexity index is 905. The van der Waals surface area contributed by atoms with Crippen LogP contribution in [-0.4, -0.2) is 60.0 Å². The van der Waals surface area contributed by atoms with Crippen LogP contribution in [0.15, 0.2) is 36.5 Å². The first-order chi connectivity index (χ1) is 15.5. The van der Waals surface area contributed by atoms with Crippen molar-refractivity contribution in [3.63, 3.8) is 0 Å². The van der Waals surface area contributed by atoms with Crippen LogP contribution in [0.4, 0.5) is 5.82 Å². The number of aromatic nitrogens is 1. The summed E-state index contributed by atoms with van der Waals surface area (Å²) in [7, 11) is 0. The maximum atomic E-state index is 12.8. The van der Waals surface area contributed by atoms with Gasteiger partial charge in [-0.05, 0) is 86.9 Å². The van der Waals surface area contributed by atoms with E-state index in [1.165, 1.54) is 41.6 Å². The molecule has 0 aliphatic carbocycles. The summed E-state index contributed by atoms with van der Waals surface area (Å²) in [5.41, 5.74) is 5.61. The molecule has 1 amide bonds. The smallest absolute Gasteiger partial charge is 0.222 e. The highest BCUT2D eigenvalue weighted by Crippen LogP contribution is 2.25. The summed E-state index contributed by atoms with van der Waals surface area (Å²) in [6.07, 6.45) is 6.03. The van der Waals surface area contributed by atoms with E-state index in [1.807, 2.05) is 24.4 Å². The Morgan fingerprint density at radius 3 is 2.53 bits per heavy atom. The lowest BCUT2D eigenvalue weighted by atomic mass is 9.92. The van der Waals surface area contributed by atoms with Gasteiger partial charge in [0, 0.05) is 51.9 Å². The molecule has 3 heterocycles. The van der Waals surface area contributed by atoms with E-state index in [9.17, 15) is 4.79 Å². The number of rotatable bonds is 6. The minimum absolute atomic E-state index is 0.327. The molecule has 2 fully saturated rings. The lowest BCUT2D eigenvalue weighted by Crippen LogP contribution is -2.49. The topological polar surface area (TPSA) is 39.7 Å². The van der Waals surface area contributed by atoms with E-state index >= 15 is 0 Å². The number of likely N-dealkylation sites (tertiary alicyclic amines) is 1. The van der Waals surface area contributed by atoms with Crippen molar-refractivity contribution in [2.45, 2.75) is 53.0 Å². The molecule has 0 radical (unpaired) electrons. The quantitative estimate of drug-likeness (QED) is 0.678. The van der Waals surface area contributed by atoms with Crippen LogP contribution in [0.1, 0.15) is 47.9 Å². The van der Waals surface area contributed by atoms with E-state index < -0.39 is 0 Å². The van der Waals surface area contributed by atoms with Crippen LogP contribution < -0.4 is 4.90 Å². The van der Waals surface area contributed by atoms with Gasteiger partial charge in [-0.25, -0.2) is 4.98 Å². The largest absolute Gasteiger partial charge is 0.353 e. The van der Waals surface area contributed by atoms with E-state index in [2.05, 4.69) is 52.6 Å². The monoisotopic (exact) mass is 434 g/mol. The third-order valence-corrected chi connectivity index (χ3v) is 7.32. The van der Waals surface area contributed by atoms with E-state index in [-0.39, 0.29) is 0 Å². The predicted octanol–water partition coefficient (Wildman–Crippen LogP) is 4.35. The second kappa shape index (κ2) is 10.5. The molecule has 0 spiro atoms. The summed E-state index contributed by atoms with van der Waals surface area (Å²) in [5.74, 6) is 1.98. The Kier molecular flexibility index (Phi) is 7.46. The SMILES string of the molecule is Cc1cc(C)c(CN2CCCC(CCC(=O)N3CCN(c4ccccn4)CC3)C2)cc1C. The van der Waals surface area contributed by atoms with E-state index in [4.69, 9.17) is 0 Å². The molecular formula is C27H38N4O. The zero-order valence-electron chi connectivity index (χ0n) is 20.0. The maximum absolute atomic E-state index is 12.8. The number of nitrogens with zero attached hydrogens (tertiary/aromatic N) is 4. The van der Waals surface area contributed by atoms with Gasteiger partial charge in [-0.1, -0.05) is 18.2 Å². The summed E-state index contributed by atoms with van der Waals surface area (Å²) in [5, 5.41) is 0. The van der Waals surface area contributed by atoms with E-state index in [1.54, 1.807) is 0 Å². The van der Waals surface area contributed by atoms with Crippen LogP contribution in [-0.2, 0) is 11.3 Å². The molecule has 0 saturated carbocycles. The predicted molar refractivity (Wildman–Crippen MR) is 131 cm³/mol. The van der Waals surface area contributed by atoms with Crippen molar-refractivity contribution >= 4 is 11.7 Å². The zero-order chi connectivity index (χ0) is 22.5. The molecule has 172 valence electrons. The zero-order valence-corrected chi connectivity index (χ0v) is 20.0. The molecule has 2 aliphatic rings. The van der Waals surface area contributed by atoms with Gasteiger partial charge in [-0.3, -0.25) is 9.69 Å². The highest BCUT2D eigenvalue weighted by Gasteiger charge is 2.25. The average Bonchev–Trinajstić information content (AvgIpc) is 2.82. The molecule has 2 aliphatic heterocycles. The fourth-order valence-corrected chi connectivity index (χ4v) is 5.17. The molecule has 0 bridgehead atoms. The van der Waals surface area contributed by atoms with Crippen LogP contribution in [0.2, 0.25) is 0 Å². The number of benzene rings is 1. The molecule has 4 rings (SSSR count). The number of carbonyl (C=O) groups is 1. The van der Waals surface area contributed by atoms with Crippen LogP contribution in [0, 0.1) is 26.7 Å². The first-order valence-corrected chi connectivity index (χ1v) is 12.2. The van der Waals surface area contributed by atoms with Crippen LogP contribution in [0.3, 0.4) is 0 Å². The standard InChI is InChI=1S/C27H38N4O/c1-21-17-23(3)25(18-22(21)2)20-29-12-6-7-24(19-29)9-10-27(32)31-15-13-30(14-16-31)26-8-4-5-11-28-26/h4-5,8,11,17-18,24H,6-7,9-10,12-16,19-20H2,1-3H3. The van der Waals surface area contributed by atoms with Crippen molar-refractivity contribution in [1.82, 2.24) is 14.8 Å². The van der Waals surface area contributed by atoms with Gasteiger partial charge in [-0.2, -0.15) is 0 Å². The Labute approximate surface area is 193 Å². The van der Waals surface area contributed by atoms with Crippen molar-refractivity contribution in [3.8, 4) is 0 Å². The molecule has 5 nitrogen and oxygen atoms in total. The first-order valence-electron chi connectivity index (χ1n) is 12.2. The van der Waals surface area contributed by atoms with Gasteiger partial charge in [0.25, 0.3) is 0 Å². The van der Waals surface area contributed by atoms with Crippen molar-refractivity contribution in [2.75, 3.05) is 44.2 Å². The number of pyridine rings is 1. The summed E-state index contributed by atoms with van der Waals surface area (Å²) < 4.78 is 0. The second-order valence-electron chi connectivity index (χ2n) is 9.70. The fraction of sp³-hybridized carbons (Fsp3) is 0.556. The van der Waals surface area contributed by atoms with Crippen LogP contribution >= 0.6 is 0 Å². The molecule has 1 aromatic heterocycles. The summed E-state index contributed by atoms with van der Waals surface area (Å²) in [6, 6.07) is 10.7. The fourth-order valence-electron chi connectivity index (χ4n) is 5.17. The first kappa shape index (κ1) is 22.8. The molecular weight excluding hydrogens is 396 g/mol. The lowest BCUT2D eigenvalue weighted by molar-refractivity contribution is -0.131. The van der Waals surface area contributed by atoms with Gasteiger partial charge < -0.3 is 9.80 Å². The molecule has 1 unspecified atom stereocenters. The molecule has 2 saturated heterocycles. The number of piperazine rings is 1. The number of carbonyl (C=O) groups excluding carboxylic acids is 1. The summed E-state index contributed by atoms with van der Waals surface area (Å²) in [4.78, 5) is 24.2. The van der Waals surface area contributed by atoms with Gasteiger partial charge in [0.15, 0.2) is 0 Å². The van der Waals surface area contributed by atoms with E-state index in [0.29, 0.717) is 18.2 Å². The highest BCUT2D eigenvalue weighted by molar-refractivity contribution is 5.76. The van der Waals surface area contributed by atoms with Gasteiger partial charge >= 0.3 is 0 Å². The van der Waals surface area contributed by atoms with Gasteiger partial charge in [-0.15, -0.1) is 0 Å². The number of piperidine rings is 1. The van der Waals surface area contributed by atoms with Crippen molar-refractivity contribution in [1.29, 1.82) is 0 Å². The highest BCUT2D eigenvalue weighted by atomic mass is 16.2. The Morgan fingerprint density at radius 2 is 1.78 bits per heavy atom. The molecule has 1 atom stereocenters. The minimum atomic E-state index is 0.327. The molecule has 2 aromatic rings. The number of hydrogen-bond donors (Lipinski definition) is 0. The third-order valence-electron chi connectivity index (χ3n) is 7.32. The Morgan fingerprint density at radius 1 is 1.00 bits per heavy atom. The number of amides is 1. The second-order valence-corrected chi connectivity index (χ2v) is 9.70. The Balaban J connectivity index is 1.23. The lowest BCUT2D eigenvalue weighted by Gasteiger charge is -2.36. The third kappa shape index (κ3) is 5.69. The van der Waals surface area contributed by atoms with Crippen LogP contribution in [0.25, 0.3) is 0 Å². The minimum Gasteiger partial charge on any atom is -0.353 e. The number of anilines is 1. The molecule has 5 heteroatoms. The van der Waals surface area contributed by atoms with Gasteiger partial charge in [0.2, 0.25) is 5.91 Å². The number of hydrogen-bond acceptors (Lipinski definition) is 4. The van der Waals surface area contributed by atoms with Crippen LogP contribution in [0.5, 0.6) is 0 Å². The van der Waals surface area contributed by atoms with Crippen molar-refractivity contribution in [3.05, 3.63) is 58.8 Å². The van der Waals surface area contributed by atoms with E-state index in [0.717, 1.165) is 51.5 Å². The van der Waals surface area contributed by atoms with Crippen molar-refractivity contribution < 1.29 is 4.79 Å². The average molecular weight is 435 g/mol. The molecule has 0 N–H and O–H groups in total. The maximum Gasteiger partial charge on any atom is 0.222 e. The van der Waals surface area contributed by atoms with Gasteiger partial charge in [0.05, 0.1) is 0 Å². The normalized spacial score (nSPS) is 19.9. The summed E-state index contributed by atoms with van der Waals surface area (Å²) >= 11 is 0. The molecule has 1 aromatic carbocycles. The molecule has 32 heavy (non-hydrogen) atoms. The van der Waals surface area contributed by atoms with Crippen molar-refractivity contribution in [2.24, 2.45) is 5.92 Å². The summed E-state index contributed by atoms with van der Waals surface area (Å²) in [6.45, 7) is 13.3. The number of aryl methyl sites for hydroxylation is 3. The Hall–Kier alpha value is -2.40. The van der Waals surface area contributed by atoms with Gasteiger partial charge in [0.1, 0.15) is 5.82 Å².